The molecule has 1 aliphatic rings. The molecule has 0 unspecified atom stereocenters. The molecule has 0 aliphatic carbocycles. The van der Waals surface area contributed by atoms with Crippen LogP contribution in [-0.4, -0.2) is 39.0 Å². The highest BCUT2D eigenvalue weighted by atomic mass is 28.4. The average Bonchev–Trinajstić information content (AvgIpc) is 2.68. The number of carbonyl (C=O) groups is 1. The van der Waals surface area contributed by atoms with E-state index in [0.29, 0.717) is 13.0 Å². The molecule has 0 N–H and O–H groups in total. The van der Waals surface area contributed by atoms with Gasteiger partial charge >= 0.3 is 0 Å². The Morgan fingerprint density at radius 3 is 2.43 bits per heavy atom. The van der Waals surface area contributed by atoms with E-state index in [9.17, 15) is 4.79 Å². The first-order valence-corrected chi connectivity index (χ1v) is 14.2. The minimum absolute atomic E-state index is 0.0116. The Hall–Kier alpha value is -1.27. The summed E-state index contributed by atoms with van der Waals surface area (Å²) in [6.07, 6.45) is 7.58. The van der Waals surface area contributed by atoms with Gasteiger partial charge in [-0.15, -0.1) is 0 Å². The molecule has 30 heavy (non-hydrogen) atoms. The van der Waals surface area contributed by atoms with E-state index in [-0.39, 0.29) is 29.5 Å². The molecular formula is C25H40O4Si. The fraction of sp³-hybridized carbons (Fsp3) is 0.640. The highest BCUT2D eigenvalue weighted by molar-refractivity contribution is 6.74. The third kappa shape index (κ3) is 7.15. The number of rotatable bonds is 9. The molecule has 1 heterocycles. The zero-order chi connectivity index (χ0) is 22.2. The fourth-order valence-corrected chi connectivity index (χ4v) is 4.88. The van der Waals surface area contributed by atoms with Crippen LogP contribution >= 0.6 is 0 Å². The molecule has 4 nitrogen and oxygen atoms in total. The van der Waals surface area contributed by atoms with Gasteiger partial charge in [0.15, 0.2) is 8.32 Å². The molecule has 1 aromatic rings. The quantitative estimate of drug-likeness (QED) is 0.270. The van der Waals surface area contributed by atoms with E-state index in [4.69, 9.17) is 13.9 Å². The first-order chi connectivity index (χ1) is 14.2. The van der Waals surface area contributed by atoms with Crippen molar-refractivity contribution in [1.29, 1.82) is 0 Å². The van der Waals surface area contributed by atoms with E-state index in [1.807, 2.05) is 18.2 Å². The van der Waals surface area contributed by atoms with Gasteiger partial charge in [0.2, 0.25) is 0 Å². The number of ether oxygens (including phenoxy) is 2. The van der Waals surface area contributed by atoms with Crippen molar-refractivity contribution in [1.82, 2.24) is 0 Å². The Bertz CT molecular complexity index is 665. The molecule has 1 aromatic carbocycles. The predicted octanol–water partition coefficient (Wildman–Crippen LogP) is 6.07. The highest BCUT2D eigenvalue weighted by Gasteiger charge is 2.41. The maximum absolute atomic E-state index is 11.4. The van der Waals surface area contributed by atoms with Crippen molar-refractivity contribution >= 4 is 14.6 Å². The van der Waals surface area contributed by atoms with Gasteiger partial charge in [-0.2, -0.15) is 0 Å². The standard InChI is InChI=1S/C25H40O4Si/c1-7-21(29-30(5,6)25(2,3)4)23-16-12-11-15-22(24(28-23)17-18-26)27-19-20-13-9-8-10-14-20/h8-14,18,21-24H,7,15-17,19H2,1-6H3/b12-11-/t21-,22+,23-,24+/m1/s1. The largest absolute Gasteiger partial charge is 0.411 e. The van der Waals surface area contributed by atoms with Crippen molar-refractivity contribution in [3.8, 4) is 0 Å². The topological polar surface area (TPSA) is 44.8 Å². The normalized spacial score (nSPS) is 25.2. The monoisotopic (exact) mass is 432 g/mol. The zero-order valence-electron chi connectivity index (χ0n) is 19.6. The van der Waals surface area contributed by atoms with Crippen LogP contribution in [-0.2, 0) is 25.3 Å². The summed E-state index contributed by atoms with van der Waals surface area (Å²) in [5.41, 5.74) is 1.12. The summed E-state index contributed by atoms with van der Waals surface area (Å²) in [6.45, 7) is 14.0. The Labute approximate surface area is 184 Å². The van der Waals surface area contributed by atoms with Crippen molar-refractivity contribution in [2.45, 2.75) is 103 Å². The second-order valence-corrected chi connectivity index (χ2v) is 14.5. The second-order valence-electron chi connectivity index (χ2n) is 9.72. The third-order valence-electron chi connectivity index (χ3n) is 6.37. The van der Waals surface area contributed by atoms with Crippen LogP contribution in [0.2, 0.25) is 18.1 Å². The van der Waals surface area contributed by atoms with Gasteiger partial charge in [-0.05, 0) is 43.0 Å². The summed E-state index contributed by atoms with van der Waals surface area (Å²) < 4.78 is 19.5. The molecule has 0 amide bonds. The SMILES string of the molecule is CC[C@@H](O[Si](C)(C)C(C)(C)C)[C@H]1C/C=C\C[C@H](OCc2ccccc2)[C@H](CC=O)O1. The Morgan fingerprint density at radius 1 is 1.17 bits per heavy atom. The van der Waals surface area contributed by atoms with E-state index in [2.05, 4.69) is 65.1 Å². The molecule has 0 aromatic heterocycles. The summed E-state index contributed by atoms with van der Waals surface area (Å²) in [4.78, 5) is 11.4. The van der Waals surface area contributed by atoms with E-state index in [0.717, 1.165) is 31.1 Å². The van der Waals surface area contributed by atoms with Gasteiger partial charge in [0.1, 0.15) is 6.29 Å². The molecule has 0 fully saturated rings. The van der Waals surface area contributed by atoms with Crippen LogP contribution in [0.15, 0.2) is 42.5 Å². The van der Waals surface area contributed by atoms with Gasteiger partial charge in [-0.3, -0.25) is 0 Å². The lowest BCUT2D eigenvalue weighted by atomic mass is 10.0. The van der Waals surface area contributed by atoms with Crippen LogP contribution in [0.5, 0.6) is 0 Å². The molecule has 0 saturated heterocycles. The summed E-state index contributed by atoms with van der Waals surface area (Å²) in [6, 6.07) is 10.1. The molecule has 168 valence electrons. The first kappa shape index (κ1) is 25.0. The van der Waals surface area contributed by atoms with Crippen LogP contribution in [0.4, 0.5) is 0 Å². The zero-order valence-corrected chi connectivity index (χ0v) is 20.6. The lowest BCUT2D eigenvalue weighted by molar-refractivity contribution is -0.140. The fourth-order valence-electron chi connectivity index (χ4n) is 3.45. The predicted molar refractivity (Wildman–Crippen MR) is 125 cm³/mol. The summed E-state index contributed by atoms with van der Waals surface area (Å²) >= 11 is 0. The van der Waals surface area contributed by atoms with Gasteiger partial charge in [0.05, 0.1) is 31.0 Å². The van der Waals surface area contributed by atoms with Crippen LogP contribution in [0.25, 0.3) is 0 Å². The van der Waals surface area contributed by atoms with E-state index in [1.54, 1.807) is 0 Å². The van der Waals surface area contributed by atoms with Crippen LogP contribution in [0.3, 0.4) is 0 Å². The first-order valence-electron chi connectivity index (χ1n) is 11.3. The average molecular weight is 433 g/mol. The van der Waals surface area contributed by atoms with Gasteiger partial charge < -0.3 is 18.7 Å². The minimum atomic E-state index is -1.92. The van der Waals surface area contributed by atoms with Crippen molar-refractivity contribution in [3.63, 3.8) is 0 Å². The molecule has 0 saturated carbocycles. The third-order valence-corrected chi connectivity index (χ3v) is 10.9. The molecule has 2 rings (SSSR count). The lowest BCUT2D eigenvalue weighted by Crippen LogP contribution is -2.49. The van der Waals surface area contributed by atoms with Crippen LogP contribution < -0.4 is 0 Å². The van der Waals surface area contributed by atoms with Gasteiger partial charge in [-0.25, -0.2) is 0 Å². The van der Waals surface area contributed by atoms with Crippen molar-refractivity contribution in [2.24, 2.45) is 0 Å². The Balaban J connectivity index is 2.13. The summed E-state index contributed by atoms with van der Waals surface area (Å²) in [7, 11) is -1.92. The number of hydrogen-bond donors (Lipinski definition) is 0. The van der Waals surface area contributed by atoms with Gasteiger partial charge in [-0.1, -0.05) is 70.2 Å². The summed E-state index contributed by atoms with van der Waals surface area (Å²) in [5, 5.41) is 0.140. The molecular weight excluding hydrogens is 392 g/mol. The molecule has 1 aliphatic heterocycles. The number of benzene rings is 1. The maximum atomic E-state index is 11.4. The maximum Gasteiger partial charge on any atom is 0.192 e. The van der Waals surface area contributed by atoms with E-state index >= 15 is 0 Å². The molecule has 4 atom stereocenters. The van der Waals surface area contributed by atoms with E-state index < -0.39 is 8.32 Å². The van der Waals surface area contributed by atoms with Crippen molar-refractivity contribution in [2.75, 3.05) is 0 Å². The van der Waals surface area contributed by atoms with Crippen LogP contribution in [0, 0.1) is 0 Å². The van der Waals surface area contributed by atoms with Crippen molar-refractivity contribution in [3.05, 3.63) is 48.0 Å². The number of carbonyl (C=O) groups excluding carboxylic acids is 1. The number of aldehydes is 1. The van der Waals surface area contributed by atoms with E-state index in [1.165, 1.54) is 0 Å². The highest BCUT2D eigenvalue weighted by Crippen LogP contribution is 2.38. The lowest BCUT2D eigenvalue weighted by Gasteiger charge is -2.42. The molecule has 0 bridgehead atoms. The van der Waals surface area contributed by atoms with Crippen molar-refractivity contribution < 1.29 is 18.7 Å². The number of hydrogen-bond acceptors (Lipinski definition) is 4. The summed E-state index contributed by atoms with van der Waals surface area (Å²) in [5.74, 6) is 0. The van der Waals surface area contributed by atoms with Gasteiger partial charge in [0.25, 0.3) is 0 Å². The smallest absolute Gasteiger partial charge is 0.192 e. The van der Waals surface area contributed by atoms with Crippen LogP contribution in [0.1, 0.15) is 58.9 Å². The molecule has 0 radical (unpaired) electrons. The van der Waals surface area contributed by atoms with Gasteiger partial charge in [0, 0.05) is 6.42 Å². The minimum Gasteiger partial charge on any atom is -0.411 e. The Kier molecular flexibility index (Phi) is 9.48. The molecule has 5 heteroatoms. The second kappa shape index (κ2) is 11.4. The molecule has 0 spiro atoms. The Morgan fingerprint density at radius 2 is 1.83 bits per heavy atom.